The molecule has 2 nitrogen and oxygen atoms in total. The van der Waals surface area contributed by atoms with Crippen LogP contribution in [0.4, 0.5) is 0 Å². The van der Waals surface area contributed by atoms with E-state index >= 15 is 0 Å². The molecular weight excluding hydrogens is 617 g/mol. The molecule has 0 aliphatic heterocycles. The summed E-state index contributed by atoms with van der Waals surface area (Å²) in [5.74, 6) is 0.719. The predicted octanol–water partition coefficient (Wildman–Crippen LogP) is 12.1. The molecule has 51 heavy (non-hydrogen) atoms. The SMILES string of the molecule is c1ccc2c(c1)-c1ccccc1C21c2ccccc2-c2c(-c3cc(-c4ccc5ccccc5c4)nc(-c4ccc5ccccc5c4)n3)cccc21. The Hall–Kier alpha value is -6.64. The molecule has 9 aromatic rings. The van der Waals surface area contributed by atoms with Gasteiger partial charge < -0.3 is 0 Å². The molecule has 0 N–H and O–H groups in total. The molecule has 0 amide bonds. The van der Waals surface area contributed by atoms with Crippen molar-refractivity contribution < 1.29 is 0 Å². The molecule has 0 bridgehead atoms. The first-order valence-corrected chi connectivity index (χ1v) is 17.6. The summed E-state index contributed by atoms with van der Waals surface area (Å²) in [6.45, 7) is 0. The van der Waals surface area contributed by atoms with Crippen molar-refractivity contribution >= 4 is 21.5 Å². The molecule has 0 unspecified atom stereocenters. The quantitative estimate of drug-likeness (QED) is 0.191. The van der Waals surface area contributed by atoms with E-state index in [-0.39, 0.29) is 0 Å². The first-order chi connectivity index (χ1) is 25.3. The van der Waals surface area contributed by atoms with Gasteiger partial charge in [-0.15, -0.1) is 0 Å². The van der Waals surface area contributed by atoms with E-state index in [1.165, 1.54) is 66.1 Å². The molecule has 1 aromatic heterocycles. The molecule has 1 spiro atoms. The average Bonchev–Trinajstić information content (AvgIpc) is 3.68. The van der Waals surface area contributed by atoms with Gasteiger partial charge in [0.25, 0.3) is 0 Å². The maximum atomic E-state index is 5.41. The fourth-order valence-electron chi connectivity index (χ4n) is 8.90. The highest BCUT2D eigenvalue weighted by molar-refractivity contribution is 6.00. The molecule has 2 aliphatic rings. The van der Waals surface area contributed by atoms with E-state index in [9.17, 15) is 0 Å². The predicted molar refractivity (Wildman–Crippen MR) is 210 cm³/mol. The smallest absolute Gasteiger partial charge is 0.160 e. The summed E-state index contributed by atoms with van der Waals surface area (Å²) in [7, 11) is 0. The molecular formula is C49H30N2. The highest BCUT2D eigenvalue weighted by Gasteiger charge is 2.52. The maximum Gasteiger partial charge on any atom is 0.160 e. The van der Waals surface area contributed by atoms with Crippen LogP contribution >= 0.6 is 0 Å². The second-order valence-corrected chi connectivity index (χ2v) is 13.7. The first-order valence-electron chi connectivity index (χ1n) is 17.6. The van der Waals surface area contributed by atoms with Crippen LogP contribution in [0, 0.1) is 0 Å². The molecule has 11 rings (SSSR count). The van der Waals surface area contributed by atoms with Crippen LogP contribution in [0.5, 0.6) is 0 Å². The summed E-state index contributed by atoms with van der Waals surface area (Å²) in [5, 5.41) is 4.78. The van der Waals surface area contributed by atoms with Gasteiger partial charge in [0.15, 0.2) is 5.82 Å². The third kappa shape index (κ3) is 3.99. The van der Waals surface area contributed by atoms with Crippen LogP contribution in [0.15, 0.2) is 182 Å². The minimum atomic E-state index is -0.412. The Morgan fingerprint density at radius 2 is 0.784 bits per heavy atom. The van der Waals surface area contributed by atoms with Crippen molar-refractivity contribution in [2.45, 2.75) is 5.41 Å². The average molecular weight is 647 g/mol. The van der Waals surface area contributed by atoms with Crippen LogP contribution < -0.4 is 0 Å². The lowest BCUT2D eigenvalue weighted by molar-refractivity contribution is 0.794. The van der Waals surface area contributed by atoms with Gasteiger partial charge in [0.2, 0.25) is 0 Å². The monoisotopic (exact) mass is 646 g/mol. The van der Waals surface area contributed by atoms with Crippen molar-refractivity contribution in [2.75, 3.05) is 0 Å². The third-order valence-electron chi connectivity index (χ3n) is 11.1. The molecule has 236 valence electrons. The zero-order valence-corrected chi connectivity index (χ0v) is 27.7. The Kier molecular flexibility index (Phi) is 5.91. The van der Waals surface area contributed by atoms with E-state index in [0.29, 0.717) is 0 Å². The number of benzene rings is 8. The molecule has 2 heteroatoms. The Balaban J connectivity index is 1.20. The van der Waals surface area contributed by atoms with Crippen molar-refractivity contribution in [3.05, 3.63) is 204 Å². The summed E-state index contributed by atoms with van der Waals surface area (Å²) < 4.78 is 0. The van der Waals surface area contributed by atoms with Crippen molar-refractivity contribution in [1.82, 2.24) is 9.97 Å². The Labute approximate surface area is 296 Å². The molecule has 8 aromatic carbocycles. The fraction of sp³-hybridized carbons (Fsp3) is 0.0204. The normalized spacial score (nSPS) is 13.3. The van der Waals surface area contributed by atoms with Crippen molar-refractivity contribution in [2.24, 2.45) is 0 Å². The van der Waals surface area contributed by atoms with Crippen LogP contribution in [-0.4, -0.2) is 9.97 Å². The van der Waals surface area contributed by atoms with Crippen molar-refractivity contribution in [3.8, 4) is 56.2 Å². The van der Waals surface area contributed by atoms with Gasteiger partial charge in [-0.2, -0.15) is 0 Å². The summed E-state index contributed by atoms with van der Waals surface area (Å²) in [5.41, 5.74) is 15.0. The lowest BCUT2D eigenvalue weighted by Crippen LogP contribution is -2.25. The second-order valence-electron chi connectivity index (χ2n) is 13.7. The maximum absolute atomic E-state index is 5.41. The molecule has 0 saturated carbocycles. The number of nitrogens with zero attached hydrogens (tertiary/aromatic N) is 2. The minimum absolute atomic E-state index is 0.412. The van der Waals surface area contributed by atoms with Crippen molar-refractivity contribution in [1.29, 1.82) is 0 Å². The second kappa shape index (κ2) is 10.7. The van der Waals surface area contributed by atoms with Gasteiger partial charge in [-0.05, 0) is 84.3 Å². The van der Waals surface area contributed by atoms with E-state index in [1.54, 1.807) is 0 Å². The van der Waals surface area contributed by atoms with E-state index < -0.39 is 5.41 Å². The molecule has 0 fully saturated rings. The number of rotatable bonds is 3. The molecule has 2 aliphatic carbocycles. The van der Waals surface area contributed by atoms with E-state index in [2.05, 4.69) is 182 Å². The highest BCUT2D eigenvalue weighted by Crippen LogP contribution is 2.63. The van der Waals surface area contributed by atoms with Gasteiger partial charge in [0.05, 0.1) is 16.8 Å². The molecule has 0 radical (unpaired) electrons. The van der Waals surface area contributed by atoms with Gasteiger partial charge in [0, 0.05) is 16.7 Å². The zero-order valence-electron chi connectivity index (χ0n) is 27.7. The van der Waals surface area contributed by atoms with Crippen LogP contribution in [0.3, 0.4) is 0 Å². The third-order valence-corrected chi connectivity index (χ3v) is 11.1. The van der Waals surface area contributed by atoms with E-state index in [4.69, 9.17) is 9.97 Å². The van der Waals surface area contributed by atoms with Crippen LogP contribution in [-0.2, 0) is 5.41 Å². The number of fused-ring (bicyclic) bond motifs is 12. The van der Waals surface area contributed by atoms with Gasteiger partial charge in [-0.25, -0.2) is 9.97 Å². The highest BCUT2D eigenvalue weighted by atomic mass is 14.9. The van der Waals surface area contributed by atoms with Crippen LogP contribution in [0.25, 0.3) is 77.7 Å². The lowest BCUT2D eigenvalue weighted by Gasteiger charge is -2.30. The summed E-state index contributed by atoms with van der Waals surface area (Å²) >= 11 is 0. The van der Waals surface area contributed by atoms with Gasteiger partial charge >= 0.3 is 0 Å². The van der Waals surface area contributed by atoms with Crippen LogP contribution in [0.2, 0.25) is 0 Å². The minimum Gasteiger partial charge on any atom is -0.228 e. The topological polar surface area (TPSA) is 25.8 Å². The fourth-order valence-corrected chi connectivity index (χ4v) is 8.90. The lowest BCUT2D eigenvalue weighted by atomic mass is 9.70. The molecule has 0 atom stereocenters. The number of hydrogen-bond acceptors (Lipinski definition) is 2. The van der Waals surface area contributed by atoms with E-state index in [0.717, 1.165) is 33.9 Å². The molecule has 1 heterocycles. The summed E-state index contributed by atoms with van der Waals surface area (Å²) in [6.07, 6.45) is 0. The Bertz CT molecular complexity index is 2740. The molecule has 0 saturated heterocycles. The Morgan fingerprint density at radius 3 is 1.45 bits per heavy atom. The summed E-state index contributed by atoms with van der Waals surface area (Å²) in [4.78, 5) is 10.7. The van der Waals surface area contributed by atoms with Crippen LogP contribution in [0.1, 0.15) is 22.3 Å². The Morgan fingerprint density at radius 1 is 0.314 bits per heavy atom. The van der Waals surface area contributed by atoms with Gasteiger partial charge in [-0.3, -0.25) is 0 Å². The zero-order chi connectivity index (χ0) is 33.5. The largest absolute Gasteiger partial charge is 0.228 e. The van der Waals surface area contributed by atoms with Crippen molar-refractivity contribution in [3.63, 3.8) is 0 Å². The summed E-state index contributed by atoms with van der Waals surface area (Å²) in [6, 6.07) is 66.1. The standard InChI is InChI=1S/C49H30N2/c1-3-14-33-28-35(26-24-31(33)12-1)45-30-46(51-48(50-45)36-27-25-32-13-2-4-15-34(32)29-36)40-19-11-23-44-47(40)39-18-7-10-22-43(39)49(44)41-20-8-5-16-37(41)38-17-6-9-21-42(38)49/h1-30H. The van der Waals surface area contributed by atoms with Gasteiger partial charge in [0.1, 0.15) is 0 Å². The first kappa shape index (κ1) is 28.2. The van der Waals surface area contributed by atoms with E-state index in [1.807, 2.05) is 0 Å². The van der Waals surface area contributed by atoms with Gasteiger partial charge in [-0.1, -0.05) is 164 Å². The number of aromatic nitrogens is 2. The number of hydrogen-bond donors (Lipinski definition) is 0.